The van der Waals surface area contributed by atoms with Crippen molar-refractivity contribution < 1.29 is 0 Å². The molecule has 88 valence electrons. The molecule has 2 aromatic heterocycles. The first-order valence-electron chi connectivity index (χ1n) is 4.92. The van der Waals surface area contributed by atoms with Crippen LogP contribution in [0.25, 0.3) is 11.3 Å². The van der Waals surface area contributed by atoms with Crippen LogP contribution in [0.5, 0.6) is 0 Å². The SMILES string of the molecule is CSc1nc(C)nc(N)c1-c1ncccc1Br. The minimum atomic E-state index is 0.459. The number of anilines is 1. The Kier molecular flexibility index (Phi) is 3.63. The van der Waals surface area contributed by atoms with Crippen LogP contribution in [0.15, 0.2) is 27.8 Å². The van der Waals surface area contributed by atoms with E-state index in [4.69, 9.17) is 5.73 Å². The average molecular weight is 311 g/mol. The Bertz CT molecular complexity index is 559. The van der Waals surface area contributed by atoms with Crippen LogP contribution >= 0.6 is 27.7 Å². The topological polar surface area (TPSA) is 64.7 Å². The Balaban J connectivity index is 2.71. The number of nitrogens with two attached hydrogens (primary N) is 1. The lowest BCUT2D eigenvalue weighted by Gasteiger charge is -2.10. The fraction of sp³-hybridized carbons (Fsp3) is 0.182. The summed E-state index contributed by atoms with van der Waals surface area (Å²) in [5.74, 6) is 1.13. The number of halogens is 1. The Morgan fingerprint density at radius 3 is 2.76 bits per heavy atom. The lowest BCUT2D eigenvalue weighted by molar-refractivity contribution is 0.977. The van der Waals surface area contributed by atoms with Crippen LogP contribution in [0.3, 0.4) is 0 Å². The molecule has 4 nitrogen and oxygen atoms in total. The van der Waals surface area contributed by atoms with Crippen LogP contribution in [-0.4, -0.2) is 21.2 Å². The molecule has 6 heteroatoms. The van der Waals surface area contributed by atoms with Crippen LogP contribution in [0.1, 0.15) is 5.82 Å². The number of rotatable bonds is 2. The molecule has 0 radical (unpaired) electrons. The number of nitrogen functional groups attached to an aromatic ring is 1. The highest BCUT2D eigenvalue weighted by molar-refractivity contribution is 9.10. The molecule has 0 saturated heterocycles. The zero-order chi connectivity index (χ0) is 12.4. The Labute approximate surface area is 112 Å². The van der Waals surface area contributed by atoms with Gasteiger partial charge < -0.3 is 5.73 Å². The van der Waals surface area contributed by atoms with Crippen molar-refractivity contribution in [3.63, 3.8) is 0 Å². The molecule has 17 heavy (non-hydrogen) atoms. The van der Waals surface area contributed by atoms with Crippen molar-refractivity contribution in [1.29, 1.82) is 0 Å². The molecule has 0 saturated carbocycles. The van der Waals surface area contributed by atoms with E-state index in [1.165, 1.54) is 11.8 Å². The van der Waals surface area contributed by atoms with Crippen LogP contribution in [-0.2, 0) is 0 Å². The molecule has 0 aliphatic carbocycles. The quantitative estimate of drug-likeness (QED) is 0.682. The van der Waals surface area contributed by atoms with Gasteiger partial charge in [-0.25, -0.2) is 9.97 Å². The first-order chi connectivity index (χ1) is 8.13. The van der Waals surface area contributed by atoms with Crippen molar-refractivity contribution in [2.45, 2.75) is 11.9 Å². The molecule has 0 aromatic carbocycles. The molecule has 2 aromatic rings. The number of thioether (sulfide) groups is 1. The van der Waals surface area contributed by atoms with Gasteiger partial charge in [0.15, 0.2) is 0 Å². The van der Waals surface area contributed by atoms with Gasteiger partial charge in [-0.05, 0) is 41.2 Å². The summed E-state index contributed by atoms with van der Waals surface area (Å²) in [6.07, 6.45) is 3.69. The van der Waals surface area contributed by atoms with E-state index >= 15 is 0 Å². The number of hydrogen-bond donors (Lipinski definition) is 1. The molecule has 0 spiro atoms. The highest BCUT2D eigenvalue weighted by Gasteiger charge is 2.15. The second kappa shape index (κ2) is 5.01. The molecule has 0 aliphatic heterocycles. The second-order valence-electron chi connectivity index (χ2n) is 3.37. The van der Waals surface area contributed by atoms with E-state index in [9.17, 15) is 0 Å². The summed E-state index contributed by atoms with van der Waals surface area (Å²) in [6.45, 7) is 1.83. The zero-order valence-electron chi connectivity index (χ0n) is 9.44. The van der Waals surface area contributed by atoms with Gasteiger partial charge in [0, 0.05) is 10.7 Å². The highest BCUT2D eigenvalue weighted by Crippen LogP contribution is 2.35. The van der Waals surface area contributed by atoms with Crippen molar-refractivity contribution in [2.24, 2.45) is 0 Å². The van der Waals surface area contributed by atoms with E-state index < -0.39 is 0 Å². The van der Waals surface area contributed by atoms with E-state index in [1.54, 1.807) is 6.20 Å². The maximum Gasteiger partial charge on any atom is 0.137 e. The van der Waals surface area contributed by atoms with E-state index in [1.807, 2.05) is 25.3 Å². The lowest BCUT2D eigenvalue weighted by atomic mass is 10.2. The molecule has 0 atom stereocenters. The standard InChI is InChI=1S/C11H11BrN4S/c1-6-15-10(13)8(11(16-6)17-2)9-7(12)4-3-5-14-9/h3-5H,1-2H3,(H2,13,15,16). The molecule has 0 aliphatic rings. The molecule has 0 unspecified atom stereocenters. The van der Waals surface area contributed by atoms with Gasteiger partial charge in [0.25, 0.3) is 0 Å². The fourth-order valence-corrected chi connectivity index (χ4v) is 2.59. The van der Waals surface area contributed by atoms with Gasteiger partial charge in [0.05, 0.1) is 11.3 Å². The average Bonchev–Trinajstić information content (AvgIpc) is 2.29. The van der Waals surface area contributed by atoms with E-state index in [2.05, 4.69) is 30.9 Å². The minimum absolute atomic E-state index is 0.459. The molecule has 0 amide bonds. The zero-order valence-corrected chi connectivity index (χ0v) is 11.8. The van der Waals surface area contributed by atoms with Crippen LogP contribution in [0.4, 0.5) is 5.82 Å². The number of aromatic nitrogens is 3. The molecule has 0 bridgehead atoms. The first-order valence-corrected chi connectivity index (χ1v) is 6.94. The molecule has 0 fully saturated rings. The third kappa shape index (κ3) is 2.42. The summed E-state index contributed by atoms with van der Waals surface area (Å²) < 4.78 is 0.884. The van der Waals surface area contributed by atoms with E-state index in [-0.39, 0.29) is 0 Å². The van der Waals surface area contributed by atoms with Gasteiger partial charge in [-0.3, -0.25) is 4.98 Å². The summed E-state index contributed by atoms with van der Waals surface area (Å²) in [6, 6.07) is 3.78. The normalized spacial score (nSPS) is 10.5. The predicted octanol–water partition coefficient (Wildman–Crippen LogP) is 2.91. The highest BCUT2D eigenvalue weighted by atomic mass is 79.9. The molecule has 2 rings (SSSR count). The van der Waals surface area contributed by atoms with Crippen LogP contribution in [0.2, 0.25) is 0 Å². The third-order valence-electron chi connectivity index (χ3n) is 2.20. The van der Waals surface area contributed by atoms with Crippen molar-refractivity contribution in [2.75, 3.05) is 12.0 Å². The summed E-state index contributed by atoms with van der Waals surface area (Å²) in [7, 11) is 0. The van der Waals surface area contributed by atoms with Gasteiger partial charge in [-0.15, -0.1) is 11.8 Å². The van der Waals surface area contributed by atoms with Crippen molar-refractivity contribution >= 4 is 33.5 Å². The summed E-state index contributed by atoms with van der Waals surface area (Å²) in [5.41, 5.74) is 7.53. The predicted molar refractivity (Wildman–Crippen MR) is 73.9 cm³/mol. The van der Waals surface area contributed by atoms with Gasteiger partial charge in [-0.1, -0.05) is 0 Å². The Morgan fingerprint density at radius 2 is 2.12 bits per heavy atom. The summed E-state index contributed by atoms with van der Waals surface area (Å²) in [5, 5.41) is 0.842. The molecule has 2 N–H and O–H groups in total. The number of aryl methyl sites for hydroxylation is 1. The maximum atomic E-state index is 5.97. The maximum absolute atomic E-state index is 5.97. The monoisotopic (exact) mass is 310 g/mol. The van der Waals surface area contributed by atoms with Crippen LogP contribution < -0.4 is 5.73 Å². The molecular weight excluding hydrogens is 300 g/mol. The summed E-state index contributed by atoms with van der Waals surface area (Å²) in [4.78, 5) is 12.9. The largest absolute Gasteiger partial charge is 0.383 e. The minimum Gasteiger partial charge on any atom is -0.383 e. The summed E-state index contributed by atoms with van der Waals surface area (Å²) >= 11 is 5.00. The van der Waals surface area contributed by atoms with Crippen molar-refractivity contribution in [3.8, 4) is 11.3 Å². The van der Waals surface area contributed by atoms with Gasteiger partial charge in [-0.2, -0.15) is 0 Å². The molecular formula is C11H11BrN4S. The lowest BCUT2D eigenvalue weighted by Crippen LogP contribution is -2.02. The van der Waals surface area contributed by atoms with Crippen molar-refractivity contribution in [3.05, 3.63) is 28.6 Å². The fourth-order valence-electron chi connectivity index (χ4n) is 1.51. The second-order valence-corrected chi connectivity index (χ2v) is 5.02. The number of nitrogens with zero attached hydrogens (tertiary/aromatic N) is 3. The van der Waals surface area contributed by atoms with Gasteiger partial charge in [0.1, 0.15) is 16.7 Å². The van der Waals surface area contributed by atoms with Gasteiger partial charge in [0.2, 0.25) is 0 Å². The van der Waals surface area contributed by atoms with Gasteiger partial charge >= 0.3 is 0 Å². The first kappa shape index (κ1) is 12.3. The van der Waals surface area contributed by atoms with E-state index in [0.717, 1.165) is 20.8 Å². The number of hydrogen-bond acceptors (Lipinski definition) is 5. The number of pyridine rings is 1. The Morgan fingerprint density at radius 1 is 1.35 bits per heavy atom. The molecule has 2 heterocycles. The third-order valence-corrected chi connectivity index (χ3v) is 3.53. The van der Waals surface area contributed by atoms with Crippen molar-refractivity contribution in [1.82, 2.24) is 15.0 Å². The Hall–Kier alpha value is -1.14. The van der Waals surface area contributed by atoms with E-state index in [0.29, 0.717) is 11.6 Å². The smallest absolute Gasteiger partial charge is 0.137 e. The van der Waals surface area contributed by atoms with Crippen LogP contribution in [0, 0.1) is 6.92 Å².